The molecule has 9 aliphatic rings. The maximum Gasteiger partial charge on any atom is 0.257 e. The van der Waals surface area contributed by atoms with Crippen molar-refractivity contribution >= 4 is 52.3 Å². The number of benzene rings is 9. The summed E-state index contributed by atoms with van der Waals surface area (Å²) in [6, 6.07) is 31.2. The fraction of sp³-hybridized carbons (Fsp3) is 0.394. The Balaban J connectivity index is 0.000000151. The number of likely N-dealkylation sites (N-methyl/N-ethyl adjacent to an activating group) is 3. The molecule has 9 aliphatic heterocycles. The minimum Gasteiger partial charge on any atom is -0.381 e. The van der Waals surface area contributed by atoms with Crippen molar-refractivity contribution in [3.05, 3.63) is 299 Å². The first-order valence-corrected chi connectivity index (χ1v) is 42.0. The molecule has 0 saturated carbocycles. The first kappa shape index (κ1) is 67.6. The van der Waals surface area contributed by atoms with Crippen LogP contribution < -0.4 is 30.7 Å². The number of rotatable bonds is 18. The van der Waals surface area contributed by atoms with Gasteiger partial charge in [-0.3, -0.25) is 29.4 Å². The number of ether oxygens (including phenoxy) is 3. The van der Waals surface area contributed by atoms with E-state index in [0.717, 1.165) is 141 Å². The number of aliphatic imine (C=N–C) groups is 3. The Kier molecular flexibility index (Phi) is 21.9. The third-order valence-corrected chi connectivity index (χ3v) is 23.8. The van der Waals surface area contributed by atoms with Crippen molar-refractivity contribution in [2.75, 3.05) is 154 Å². The predicted molar refractivity (Wildman–Crippen MR) is 470 cm³/mol. The number of amidine groups is 3. The Morgan fingerprint density at radius 3 is 1.17 bits per heavy atom. The van der Waals surface area contributed by atoms with Crippen LogP contribution in [0, 0.1) is 52.7 Å². The summed E-state index contributed by atoms with van der Waals surface area (Å²) in [7, 11) is 4.12. The SMILES string of the molecule is [2H]c1c(F)cc(C([2H])([2H])c2ccc3c(c2)C(NC(=O)c2ccc(N4CCN(C([2H])([2H])[2H])CC4)cc2CC2CCOCC2)=NC3)cc1F.[2H]c1c(F)cc(Cc2ccc3c(c2)C(NC(=O)c2ccc(N4CCN(C)CC4)cc2CC2CC([2H])([2H])OC([2H])([2H])C2)=NC3)cc1F.[2H]c1cc(C(=O)NC2=NCc3ccc(C([2H])([2H])c4cc(F)c([2H])c(F)c4)cc32)c(CC2CCOCC2)c([2H])c1N1CCN(C)CC1. The van der Waals surface area contributed by atoms with E-state index in [2.05, 4.69) is 62.5 Å². The second kappa shape index (κ2) is 39.8. The zero-order valence-electron chi connectivity index (χ0n) is 84.7. The summed E-state index contributed by atoms with van der Waals surface area (Å²) >= 11 is 0. The molecule has 24 heteroatoms. The number of nitrogens with zero attached hydrogens (tertiary/aromatic N) is 9. The number of fused-ring (bicyclic) bond motifs is 3. The molecule has 0 atom stereocenters. The fourth-order valence-electron chi connectivity index (χ4n) is 16.9. The van der Waals surface area contributed by atoms with Crippen LogP contribution in [0.15, 0.2) is 179 Å². The van der Waals surface area contributed by atoms with E-state index in [0.29, 0.717) is 153 Å². The highest BCUT2D eigenvalue weighted by Crippen LogP contribution is 2.34. The van der Waals surface area contributed by atoms with Crippen LogP contribution >= 0.6 is 0 Å². The molecule has 0 aromatic heterocycles. The number of carbonyl (C=O) groups excluding carboxylic acids is 3. The zero-order chi connectivity index (χ0) is 99.1. The van der Waals surface area contributed by atoms with Crippen LogP contribution in [0.5, 0.6) is 0 Å². The van der Waals surface area contributed by atoms with Gasteiger partial charge < -0.3 is 59.6 Å². The van der Waals surface area contributed by atoms with Crippen LogP contribution in [0.3, 0.4) is 0 Å². The average molecular weight is 1690 g/mol. The molecule has 9 aromatic rings. The van der Waals surface area contributed by atoms with Crippen molar-refractivity contribution in [3.63, 3.8) is 0 Å². The smallest absolute Gasteiger partial charge is 0.257 e. The Morgan fingerprint density at radius 2 is 0.756 bits per heavy atom. The molecule has 18 nitrogen and oxygen atoms in total. The summed E-state index contributed by atoms with van der Waals surface area (Å²) in [4.78, 5) is 67.6. The van der Waals surface area contributed by atoms with E-state index in [-0.39, 0.29) is 108 Å². The largest absolute Gasteiger partial charge is 0.381 e. The van der Waals surface area contributed by atoms with Crippen LogP contribution in [0.4, 0.5) is 43.4 Å². The van der Waals surface area contributed by atoms with E-state index in [1.807, 2.05) is 49.5 Å². The number of halogens is 6. The van der Waals surface area contributed by atoms with Gasteiger partial charge in [-0.05, 0) is 292 Å². The van der Waals surface area contributed by atoms with Gasteiger partial charge in [0.15, 0.2) is 0 Å². The third kappa shape index (κ3) is 22.2. The van der Waals surface area contributed by atoms with Crippen molar-refractivity contribution in [1.29, 1.82) is 0 Å². The standard InChI is InChI=1S/3C33H36F2N4O2/c3*1-38-8-10-39(11-9-38)29-4-5-30(26(19-29)15-22-6-12-41-13-7-22)33(40)37-32-31-18-23(2-3-25(31)21-36-32)14-24-16-27(34)20-28(35)17-24/h3*2-5,16-20,22H,6-15,21H2,1H3,(H,36,37,40)/i4D,14D2,19D,20D;12D2,13D2,20D;1D3,14D2,20D. The van der Waals surface area contributed by atoms with Gasteiger partial charge in [-0.1, -0.05) is 36.4 Å². The average Bonchev–Trinajstić information content (AvgIpc) is 1.76. The monoisotopic (exact) mass is 1690 g/mol. The molecule has 123 heavy (non-hydrogen) atoms. The third-order valence-electron chi connectivity index (χ3n) is 23.8. The molecule has 0 bridgehead atoms. The van der Waals surface area contributed by atoms with Crippen LogP contribution in [0.2, 0.25) is 0 Å². The van der Waals surface area contributed by atoms with Crippen LogP contribution in [-0.4, -0.2) is 189 Å². The number of nitrogens with one attached hydrogen (secondary N) is 3. The first-order valence-electron chi connectivity index (χ1n) is 50.0. The van der Waals surface area contributed by atoms with E-state index in [1.54, 1.807) is 30.3 Å². The summed E-state index contributed by atoms with van der Waals surface area (Å²) in [6.45, 7) is 5.48. The van der Waals surface area contributed by atoms with Crippen LogP contribution in [0.1, 0.15) is 175 Å². The topological polar surface area (TPSA) is 172 Å². The van der Waals surface area contributed by atoms with Gasteiger partial charge in [-0.15, -0.1) is 0 Å². The minimum absolute atomic E-state index is 0.00743. The predicted octanol–water partition coefficient (Wildman–Crippen LogP) is 14.9. The molecular formula is C99H108F6N12O6. The second-order valence-corrected chi connectivity index (χ2v) is 32.6. The number of amides is 3. The van der Waals surface area contributed by atoms with Crippen molar-refractivity contribution < 1.29 is 76.9 Å². The number of piperazine rings is 3. The molecule has 3 amide bonds. The number of anilines is 3. The van der Waals surface area contributed by atoms with Gasteiger partial charge in [-0.2, -0.15) is 0 Å². The maximum atomic E-state index is 14.2. The Morgan fingerprint density at radius 1 is 0.398 bits per heavy atom. The van der Waals surface area contributed by atoms with Gasteiger partial charge in [0, 0.05) is 196 Å². The van der Waals surface area contributed by atoms with Gasteiger partial charge in [0.05, 0.1) is 32.0 Å². The van der Waals surface area contributed by atoms with Gasteiger partial charge in [0.1, 0.15) is 52.4 Å². The quantitative estimate of drug-likeness (QED) is 0.0696. The molecule has 9 aromatic carbocycles. The molecule has 0 spiro atoms. The molecule has 0 radical (unpaired) electrons. The molecule has 18 rings (SSSR count). The number of hydrogen-bond acceptors (Lipinski definition) is 15. The number of hydrogen-bond donors (Lipinski definition) is 3. The highest BCUT2D eigenvalue weighted by atomic mass is 19.2. The Labute approximate surface area is 738 Å². The van der Waals surface area contributed by atoms with Gasteiger partial charge >= 0.3 is 0 Å². The van der Waals surface area contributed by atoms with E-state index >= 15 is 0 Å². The number of carbonyl (C=O) groups is 3. The highest BCUT2D eigenvalue weighted by Gasteiger charge is 2.31. The first-order chi connectivity index (χ1) is 66.0. The molecule has 9 heterocycles. The minimum atomic E-state index is -2.31. The summed E-state index contributed by atoms with van der Waals surface area (Å²) in [5.74, 6) is -6.66. The zero-order valence-corrected chi connectivity index (χ0v) is 68.7. The van der Waals surface area contributed by atoms with Crippen molar-refractivity contribution in [2.45, 2.75) is 96.6 Å². The second-order valence-electron chi connectivity index (χ2n) is 32.6. The lowest BCUT2D eigenvalue weighted by Crippen LogP contribution is -2.44. The molecule has 0 aliphatic carbocycles. The van der Waals surface area contributed by atoms with Crippen LogP contribution in [-0.2, 0) is 72.3 Å². The molecule has 642 valence electrons. The molecule has 0 unspecified atom stereocenters. The van der Waals surface area contributed by atoms with Crippen molar-refractivity contribution in [2.24, 2.45) is 32.7 Å². The lowest BCUT2D eigenvalue weighted by Gasteiger charge is -2.34. The lowest BCUT2D eigenvalue weighted by atomic mass is 9.89. The van der Waals surface area contributed by atoms with Crippen molar-refractivity contribution in [1.82, 2.24) is 30.7 Å². The fourth-order valence-corrected chi connectivity index (χ4v) is 16.9. The molecule has 6 fully saturated rings. The van der Waals surface area contributed by atoms with Crippen LogP contribution in [0.25, 0.3) is 0 Å². The molecule has 6 saturated heterocycles. The lowest BCUT2D eigenvalue weighted by molar-refractivity contribution is 0.0663. The Bertz CT molecular complexity index is 6200. The Hall–Kier alpha value is -10.9. The molecular weight excluding hydrogens is 1570 g/mol. The van der Waals surface area contributed by atoms with E-state index < -0.39 is 91.8 Å². The van der Waals surface area contributed by atoms with E-state index in [1.165, 1.54) is 29.2 Å². The van der Waals surface area contributed by atoms with Gasteiger partial charge in [0.2, 0.25) is 0 Å². The van der Waals surface area contributed by atoms with E-state index in [4.69, 9.17) is 34.8 Å². The van der Waals surface area contributed by atoms with Gasteiger partial charge in [-0.25, -0.2) is 26.3 Å². The van der Waals surface area contributed by atoms with Gasteiger partial charge in [0.25, 0.3) is 17.7 Å². The van der Waals surface area contributed by atoms with Crippen molar-refractivity contribution in [3.8, 4) is 0 Å². The summed E-state index contributed by atoms with van der Waals surface area (Å²) in [6.07, 6.45) is 0.514. The summed E-state index contributed by atoms with van der Waals surface area (Å²) in [5.41, 5.74) is 10.7. The highest BCUT2D eigenvalue weighted by molar-refractivity contribution is 6.16. The van der Waals surface area contributed by atoms with E-state index in [9.17, 15) is 42.1 Å². The maximum absolute atomic E-state index is 14.2. The molecule has 3 N–H and O–H groups in total. The normalized spacial score (nSPS) is 20.9. The summed E-state index contributed by atoms with van der Waals surface area (Å²) in [5, 5.41) is 8.75. The summed E-state index contributed by atoms with van der Waals surface area (Å²) < 4.78 is 231.